The summed E-state index contributed by atoms with van der Waals surface area (Å²) in [4.78, 5) is 11.7. The van der Waals surface area contributed by atoms with Gasteiger partial charge in [-0.1, -0.05) is 25.1 Å². The molecule has 0 bridgehead atoms. The van der Waals surface area contributed by atoms with Gasteiger partial charge in [0.1, 0.15) is 0 Å². The lowest BCUT2D eigenvalue weighted by molar-refractivity contribution is -0.143. The second-order valence-electron chi connectivity index (χ2n) is 4.25. The van der Waals surface area contributed by atoms with Gasteiger partial charge in [-0.3, -0.25) is 4.79 Å². The minimum Gasteiger partial charge on any atom is -0.465 e. The molecule has 0 aliphatic heterocycles. The van der Waals surface area contributed by atoms with E-state index in [4.69, 9.17) is 4.74 Å². The molecule has 1 unspecified atom stereocenters. The van der Waals surface area contributed by atoms with Crippen molar-refractivity contribution in [1.29, 1.82) is 5.26 Å². The average molecular weight is 310 g/mol. The van der Waals surface area contributed by atoms with E-state index in [1.165, 1.54) is 12.1 Å². The van der Waals surface area contributed by atoms with Gasteiger partial charge in [-0.25, -0.2) is 13.1 Å². The second-order valence-corrected chi connectivity index (χ2v) is 5.99. The van der Waals surface area contributed by atoms with Gasteiger partial charge in [-0.15, -0.1) is 0 Å². The number of hydrogen-bond donors (Lipinski definition) is 1. The van der Waals surface area contributed by atoms with E-state index in [1.54, 1.807) is 25.1 Å². The number of ether oxygens (including phenoxy) is 1. The highest BCUT2D eigenvalue weighted by atomic mass is 32.2. The first kappa shape index (κ1) is 17.1. The molecule has 0 aromatic heterocycles. The van der Waals surface area contributed by atoms with Crippen molar-refractivity contribution in [3.05, 3.63) is 29.8 Å². The Bertz CT molecular complexity index is 635. The highest BCUT2D eigenvalue weighted by Gasteiger charge is 2.28. The Morgan fingerprint density at radius 3 is 2.62 bits per heavy atom. The van der Waals surface area contributed by atoms with Crippen LogP contribution in [0.5, 0.6) is 0 Å². The fraction of sp³-hybridized carbons (Fsp3) is 0.429. The Morgan fingerprint density at radius 1 is 1.38 bits per heavy atom. The van der Waals surface area contributed by atoms with Gasteiger partial charge in [0.05, 0.1) is 17.6 Å². The van der Waals surface area contributed by atoms with Gasteiger partial charge in [0.2, 0.25) is 10.0 Å². The van der Waals surface area contributed by atoms with Gasteiger partial charge in [0.25, 0.3) is 0 Å². The molecular formula is C14H18N2O4S. The summed E-state index contributed by atoms with van der Waals surface area (Å²) >= 11 is 0. The van der Waals surface area contributed by atoms with Gasteiger partial charge in [-0.2, -0.15) is 5.26 Å². The van der Waals surface area contributed by atoms with Crippen molar-refractivity contribution in [1.82, 2.24) is 4.72 Å². The average Bonchev–Trinajstić information content (AvgIpc) is 2.47. The van der Waals surface area contributed by atoms with E-state index < -0.39 is 21.9 Å². The molecule has 1 N–H and O–H groups in total. The molecule has 1 rings (SSSR count). The quantitative estimate of drug-likeness (QED) is 0.771. The lowest BCUT2D eigenvalue weighted by Gasteiger charge is -2.14. The number of nitrogens with one attached hydrogen (secondary N) is 1. The Labute approximate surface area is 124 Å². The normalized spacial score (nSPS) is 12.4. The van der Waals surface area contributed by atoms with E-state index in [0.717, 1.165) is 0 Å². The van der Waals surface area contributed by atoms with E-state index in [0.29, 0.717) is 6.42 Å². The van der Waals surface area contributed by atoms with Crippen LogP contribution in [0.25, 0.3) is 0 Å². The summed E-state index contributed by atoms with van der Waals surface area (Å²) in [5, 5.41) is 9.18. The molecule has 0 aliphatic carbocycles. The zero-order valence-corrected chi connectivity index (χ0v) is 12.8. The molecule has 0 amide bonds. The van der Waals surface area contributed by atoms with E-state index >= 15 is 0 Å². The number of hydrogen-bond acceptors (Lipinski definition) is 5. The highest BCUT2D eigenvalue weighted by molar-refractivity contribution is 7.89. The molecule has 114 valence electrons. The molecule has 0 fully saturated rings. The predicted octanol–water partition coefficient (Wildman–Crippen LogP) is 1.55. The fourth-order valence-electron chi connectivity index (χ4n) is 1.75. The number of rotatable bonds is 7. The van der Waals surface area contributed by atoms with Crippen LogP contribution in [0.15, 0.2) is 29.2 Å². The van der Waals surface area contributed by atoms with Gasteiger partial charge >= 0.3 is 5.97 Å². The van der Waals surface area contributed by atoms with Gasteiger partial charge < -0.3 is 4.74 Å². The number of nitrogens with zero attached hydrogens (tertiary/aromatic N) is 1. The maximum Gasteiger partial charge on any atom is 0.327 e. The monoisotopic (exact) mass is 310 g/mol. The summed E-state index contributed by atoms with van der Waals surface area (Å²) < 4.78 is 31.7. The minimum absolute atomic E-state index is 0.0712. The molecular weight excluding hydrogens is 292 g/mol. The Balaban J connectivity index is 3.26. The first-order valence-electron chi connectivity index (χ1n) is 6.62. The first-order chi connectivity index (χ1) is 9.97. The van der Waals surface area contributed by atoms with Gasteiger partial charge in [0, 0.05) is 12.1 Å². The van der Waals surface area contributed by atoms with Crippen molar-refractivity contribution in [2.75, 3.05) is 13.2 Å². The number of nitriles is 1. The molecule has 1 aromatic carbocycles. The molecule has 7 heteroatoms. The molecule has 0 saturated heterocycles. The number of benzene rings is 1. The molecule has 1 aromatic rings. The third-order valence-corrected chi connectivity index (χ3v) is 4.25. The van der Waals surface area contributed by atoms with Crippen LogP contribution in [0.1, 0.15) is 31.7 Å². The molecule has 0 spiro atoms. The third kappa shape index (κ3) is 4.28. The standard InChI is InChI=1S/C14H18N2O4S/c1-3-9-16-21(18,19)13-8-6-5-7-11(13)12(10-15)14(17)20-4-2/h5-8,12,16H,3-4,9H2,1-2H3. The van der Waals surface area contributed by atoms with Crippen molar-refractivity contribution in [2.45, 2.75) is 31.1 Å². The predicted molar refractivity (Wildman–Crippen MR) is 76.9 cm³/mol. The molecule has 6 nitrogen and oxygen atoms in total. The topological polar surface area (TPSA) is 96.3 Å². The Morgan fingerprint density at radius 2 is 2.05 bits per heavy atom. The zero-order valence-electron chi connectivity index (χ0n) is 12.0. The van der Waals surface area contributed by atoms with Crippen LogP contribution >= 0.6 is 0 Å². The number of esters is 1. The van der Waals surface area contributed by atoms with Crippen LogP contribution in [0.4, 0.5) is 0 Å². The maximum absolute atomic E-state index is 12.2. The molecule has 0 saturated carbocycles. The first-order valence-corrected chi connectivity index (χ1v) is 8.11. The summed E-state index contributed by atoms with van der Waals surface area (Å²) in [6.45, 7) is 3.87. The lowest BCUT2D eigenvalue weighted by Crippen LogP contribution is -2.27. The van der Waals surface area contributed by atoms with Crippen LogP contribution in [0, 0.1) is 11.3 Å². The lowest BCUT2D eigenvalue weighted by atomic mass is 10.0. The van der Waals surface area contributed by atoms with E-state index in [1.807, 2.05) is 6.92 Å². The van der Waals surface area contributed by atoms with Crippen LogP contribution < -0.4 is 4.72 Å². The maximum atomic E-state index is 12.2. The van der Waals surface area contributed by atoms with Crippen LogP contribution in [-0.2, 0) is 19.6 Å². The highest BCUT2D eigenvalue weighted by Crippen LogP contribution is 2.24. The summed E-state index contributed by atoms with van der Waals surface area (Å²) in [6.07, 6.45) is 0.640. The summed E-state index contributed by atoms with van der Waals surface area (Å²) in [5.41, 5.74) is 0.127. The molecule has 0 radical (unpaired) electrons. The van der Waals surface area contributed by atoms with Crippen LogP contribution in [-0.4, -0.2) is 27.5 Å². The van der Waals surface area contributed by atoms with Crippen molar-refractivity contribution in [3.63, 3.8) is 0 Å². The number of carbonyl (C=O) groups is 1. The van der Waals surface area contributed by atoms with Crippen LogP contribution in [0.3, 0.4) is 0 Å². The number of carbonyl (C=O) groups excluding carboxylic acids is 1. The summed E-state index contributed by atoms with van der Waals surface area (Å²) in [5.74, 6) is -2.02. The minimum atomic E-state index is -3.77. The van der Waals surface area contributed by atoms with E-state index in [-0.39, 0.29) is 23.6 Å². The van der Waals surface area contributed by atoms with E-state index in [2.05, 4.69) is 4.72 Å². The summed E-state index contributed by atoms with van der Waals surface area (Å²) in [7, 11) is -3.77. The molecule has 1 atom stereocenters. The zero-order chi connectivity index (χ0) is 15.9. The number of sulfonamides is 1. The fourth-order valence-corrected chi connectivity index (χ4v) is 3.13. The third-order valence-electron chi connectivity index (χ3n) is 2.71. The SMILES string of the molecule is CCCNS(=O)(=O)c1ccccc1C(C#N)C(=O)OCC. The van der Waals surface area contributed by atoms with Gasteiger partial charge in [0.15, 0.2) is 5.92 Å². The van der Waals surface area contributed by atoms with Crippen molar-refractivity contribution < 1.29 is 17.9 Å². The summed E-state index contributed by atoms with van der Waals surface area (Å²) in [6, 6.07) is 7.75. The van der Waals surface area contributed by atoms with E-state index in [9.17, 15) is 18.5 Å². The second kappa shape index (κ2) is 7.76. The largest absolute Gasteiger partial charge is 0.465 e. The van der Waals surface area contributed by atoms with Gasteiger partial charge in [-0.05, 0) is 19.4 Å². The smallest absolute Gasteiger partial charge is 0.327 e. The Kier molecular flexibility index (Phi) is 6.34. The molecule has 21 heavy (non-hydrogen) atoms. The van der Waals surface area contributed by atoms with Crippen molar-refractivity contribution in [3.8, 4) is 6.07 Å². The molecule has 0 aliphatic rings. The van der Waals surface area contributed by atoms with Crippen molar-refractivity contribution >= 4 is 16.0 Å². The van der Waals surface area contributed by atoms with Crippen LogP contribution in [0.2, 0.25) is 0 Å². The Hall–Kier alpha value is -1.91. The van der Waals surface area contributed by atoms with Crippen molar-refractivity contribution in [2.24, 2.45) is 0 Å². The molecule has 0 heterocycles.